The summed E-state index contributed by atoms with van der Waals surface area (Å²) in [6.45, 7) is 3.23. The van der Waals surface area contributed by atoms with E-state index in [0.29, 0.717) is 12.2 Å². The lowest BCUT2D eigenvalue weighted by molar-refractivity contribution is -0.134. The Bertz CT molecular complexity index is 782. The van der Waals surface area contributed by atoms with Crippen LogP contribution in [-0.2, 0) is 11.8 Å². The van der Waals surface area contributed by atoms with Crippen molar-refractivity contribution in [3.63, 3.8) is 0 Å². The van der Waals surface area contributed by atoms with Gasteiger partial charge in [-0.05, 0) is 62.6 Å². The fourth-order valence-electron chi connectivity index (χ4n) is 3.59. The number of benzene rings is 1. The quantitative estimate of drug-likeness (QED) is 0.852. The van der Waals surface area contributed by atoms with E-state index < -0.39 is 0 Å². The summed E-state index contributed by atoms with van der Waals surface area (Å²) in [5.41, 5.74) is 1.66. The third-order valence-corrected chi connectivity index (χ3v) is 4.98. The van der Waals surface area contributed by atoms with Crippen LogP contribution in [0.4, 0.5) is 0 Å². The normalized spacial score (nSPS) is 16.8. The lowest BCUT2D eigenvalue weighted by atomic mass is 9.99. The van der Waals surface area contributed by atoms with E-state index in [1.165, 1.54) is 0 Å². The molecule has 0 aliphatic carbocycles. The van der Waals surface area contributed by atoms with Crippen LogP contribution in [0.1, 0.15) is 48.3 Å². The topological polar surface area (TPSA) is 63.6 Å². The van der Waals surface area contributed by atoms with Gasteiger partial charge in [0.15, 0.2) is 0 Å². The second-order valence-electron chi connectivity index (χ2n) is 6.78. The maximum absolute atomic E-state index is 12.8. The summed E-state index contributed by atoms with van der Waals surface area (Å²) in [6, 6.07) is 11.1. The number of nitrogens with one attached hydrogen (secondary N) is 1. The number of carbonyl (C=O) groups is 2. The van der Waals surface area contributed by atoms with Crippen LogP contribution in [0.2, 0.25) is 0 Å². The molecule has 27 heavy (non-hydrogen) atoms. The number of amides is 2. The van der Waals surface area contributed by atoms with Gasteiger partial charge in [-0.2, -0.15) is 0 Å². The van der Waals surface area contributed by atoms with Crippen molar-refractivity contribution in [3.8, 4) is 5.75 Å². The Morgan fingerprint density at radius 3 is 2.63 bits per heavy atom. The molecule has 2 aromatic rings. The molecule has 1 N–H and O–H groups in total. The summed E-state index contributed by atoms with van der Waals surface area (Å²) < 4.78 is 7.44. The van der Waals surface area contributed by atoms with E-state index in [2.05, 4.69) is 16.0 Å². The average Bonchev–Trinajstić information content (AvgIpc) is 3.12. The summed E-state index contributed by atoms with van der Waals surface area (Å²) in [4.78, 5) is 27.0. The number of aryl methyl sites for hydroxylation is 1. The molecule has 1 aromatic heterocycles. The molecule has 1 aliphatic heterocycles. The van der Waals surface area contributed by atoms with E-state index in [1.54, 1.807) is 24.3 Å². The van der Waals surface area contributed by atoms with Crippen LogP contribution >= 0.6 is 0 Å². The Hall–Kier alpha value is -2.76. The second kappa shape index (κ2) is 8.75. The van der Waals surface area contributed by atoms with E-state index in [0.717, 1.165) is 37.3 Å². The average molecular weight is 369 g/mol. The Labute approximate surface area is 160 Å². The molecule has 2 amide bonds. The molecule has 1 unspecified atom stereocenters. The van der Waals surface area contributed by atoms with Crippen LogP contribution in [-0.4, -0.2) is 41.0 Å². The molecule has 1 aromatic carbocycles. The summed E-state index contributed by atoms with van der Waals surface area (Å²) in [7, 11) is 2.00. The fourth-order valence-corrected chi connectivity index (χ4v) is 3.59. The van der Waals surface area contributed by atoms with Crippen molar-refractivity contribution in [2.24, 2.45) is 7.05 Å². The number of carbonyl (C=O) groups excluding carboxylic acids is 2. The number of likely N-dealkylation sites (tertiary alicyclic amines) is 1. The highest BCUT2D eigenvalue weighted by Gasteiger charge is 2.29. The van der Waals surface area contributed by atoms with Gasteiger partial charge in [0.1, 0.15) is 5.75 Å². The molecule has 3 rings (SSSR count). The number of piperidine rings is 1. The van der Waals surface area contributed by atoms with E-state index in [4.69, 9.17) is 4.74 Å². The first-order valence-corrected chi connectivity index (χ1v) is 9.52. The molecule has 2 heterocycles. The largest absolute Gasteiger partial charge is 0.494 e. The van der Waals surface area contributed by atoms with E-state index >= 15 is 0 Å². The third-order valence-electron chi connectivity index (χ3n) is 4.98. The molecule has 1 fully saturated rings. The van der Waals surface area contributed by atoms with Crippen molar-refractivity contribution in [3.05, 3.63) is 53.9 Å². The van der Waals surface area contributed by atoms with Crippen molar-refractivity contribution < 1.29 is 14.3 Å². The number of hydrogen-bond acceptors (Lipinski definition) is 3. The predicted octanol–water partition coefficient (Wildman–Crippen LogP) is 2.91. The summed E-state index contributed by atoms with van der Waals surface area (Å²) >= 11 is 0. The highest BCUT2D eigenvalue weighted by Crippen LogP contribution is 2.30. The number of rotatable bonds is 6. The predicted molar refractivity (Wildman–Crippen MR) is 104 cm³/mol. The van der Waals surface area contributed by atoms with Crippen LogP contribution in [0, 0.1) is 0 Å². The zero-order valence-corrected chi connectivity index (χ0v) is 16.0. The third kappa shape index (κ3) is 4.51. The minimum atomic E-state index is -0.251. The van der Waals surface area contributed by atoms with Gasteiger partial charge < -0.3 is 19.5 Å². The molecule has 0 spiro atoms. The molecule has 6 nitrogen and oxygen atoms in total. The van der Waals surface area contributed by atoms with Gasteiger partial charge in [0.2, 0.25) is 5.91 Å². The molecular formula is C21H27N3O3. The molecule has 1 saturated heterocycles. The first-order chi connectivity index (χ1) is 13.1. The Morgan fingerprint density at radius 2 is 1.96 bits per heavy atom. The molecule has 1 aliphatic rings. The molecule has 0 saturated carbocycles. The maximum atomic E-state index is 12.8. The molecule has 6 heteroatoms. The van der Waals surface area contributed by atoms with Gasteiger partial charge in [0, 0.05) is 31.0 Å². The van der Waals surface area contributed by atoms with Crippen LogP contribution in [0.3, 0.4) is 0 Å². The van der Waals surface area contributed by atoms with Crippen molar-refractivity contribution in [1.29, 1.82) is 0 Å². The van der Waals surface area contributed by atoms with E-state index in [9.17, 15) is 9.59 Å². The van der Waals surface area contributed by atoms with Crippen LogP contribution < -0.4 is 10.1 Å². The smallest absolute Gasteiger partial charge is 0.251 e. The zero-order valence-electron chi connectivity index (χ0n) is 16.0. The lowest BCUT2D eigenvalue weighted by Crippen LogP contribution is -2.44. The first-order valence-electron chi connectivity index (χ1n) is 9.52. The van der Waals surface area contributed by atoms with Crippen LogP contribution in [0.5, 0.6) is 5.75 Å². The molecule has 0 bridgehead atoms. The number of ether oxygens (including phenoxy) is 1. The van der Waals surface area contributed by atoms with Crippen molar-refractivity contribution in [2.75, 3.05) is 19.7 Å². The Morgan fingerprint density at radius 1 is 1.19 bits per heavy atom. The van der Waals surface area contributed by atoms with Crippen LogP contribution in [0.25, 0.3) is 0 Å². The van der Waals surface area contributed by atoms with Gasteiger partial charge in [-0.3, -0.25) is 9.59 Å². The van der Waals surface area contributed by atoms with E-state index in [1.807, 2.05) is 31.1 Å². The van der Waals surface area contributed by atoms with Crippen LogP contribution in [0.15, 0.2) is 42.6 Å². The van der Waals surface area contributed by atoms with Gasteiger partial charge in [-0.1, -0.05) is 0 Å². The Balaban J connectivity index is 1.60. The summed E-state index contributed by atoms with van der Waals surface area (Å²) in [5, 5.41) is 2.75. The molecule has 1 atom stereocenters. The van der Waals surface area contributed by atoms with Gasteiger partial charge in [0.05, 0.1) is 19.2 Å². The maximum Gasteiger partial charge on any atom is 0.251 e. The minimum absolute atomic E-state index is 0.00691. The molecule has 0 radical (unpaired) electrons. The number of hydrogen-bond donors (Lipinski definition) is 1. The van der Waals surface area contributed by atoms with Gasteiger partial charge >= 0.3 is 0 Å². The van der Waals surface area contributed by atoms with Gasteiger partial charge in [0.25, 0.3) is 5.91 Å². The zero-order chi connectivity index (χ0) is 19.2. The fraction of sp³-hybridized carbons (Fsp3) is 0.429. The summed E-state index contributed by atoms with van der Waals surface area (Å²) in [5.74, 6) is 0.433. The lowest BCUT2D eigenvalue weighted by Gasteiger charge is -2.36. The Kier molecular flexibility index (Phi) is 6.16. The highest BCUT2D eigenvalue weighted by atomic mass is 16.5. The number of nitrogens with zero attached hydrogens (tertiary/aromatic N) is 2. The van der Waals surface area contributed by atoms with Crippen molar-refractivity contribution in [2.45, 2.75) is 32.2 Å². The van der Waals surface area contributed by atoms with Gasteiger partial charge in [-0.25, -0.2) is 0 Å². The first kappa shape index (κ1) is 19.0. The number of aromatic nitrogens is 1. The SMILES string of the molecule is CCOc1ccc(C(=O)NCC(=O)N2CCCCC2c2cccn2C)cc1. The van der Waals surface area contributed by atoms with Crippen molar-refractivity contribution in [1.82, 2.24) is 14.8 Å². The van der Waals surface area contributed by atoms with E-state index in [-0.39, 0.29) is 24.4 Å². The van der Waals surface area contributed by atoms with Gasteiger partial charge in [-0.15, -0.1) is 0 Å². The standard InChI is InChI=1S/C21H27N3O3/c1-3-27-17-11-9-16(10-12-17)21(26)22-15-20(25)24-14-5-4-7-19(24)18-8-6-13-23(18)2/h6,8-13,19H,3-5,7,14-15H2,1-2H3,(H,22,26). The minimum Gasteiger partial charge on any atom is -0.494 e. The molecular weight excluding hydrogens is 342 g/mol. The van der Waals surface area contributed by atoms with Crippen molar-refractivity contribution >= 4 is 11.8 Å². The molecule has 144 valence electrons. The summed E-state index contributed by atoms with van der Waals surface area (Å²) in [6.07, 6.45) is 5.06. The highest BCUT2D eigenvalue weighted by molar-refractivity contribution is 5.96. The monoisotopic (exact) mass is 369 g/mol. The second-order valence-corrected chi connectivity index (χ2v) is 6.78.